The van der Waals surface area contributed by atoms with E-state index in [9.17, 15) is 23.7 Å². The quantitative estimate of drug-likeness (QED) is 0.0660. The summed E-state index contributed by atoms with van der Waals surface area (Å²) in [5, 5.41) is 18.9. The van der Waals surface area contributed by atoms with Crippen LogP contribution in [0.25, 0.3) is 0 Å². The predicted molar refractivity (Wildman–Crippen MR) is 172 cm³/mol. The number of carbonyl (C=O) groups is 1. The molecule has 4 rings (SSSR count). The van der Waals surface area contributed by atoms with Crippen molar-refractivity contribution in [2.75, 3.05) is 34.0 Å². The highest BCUT2D eigenvalue weighted by Gasteiger charge is 2.18. The van der Waals surface area contributed by atoms with E-state index in [1.165, 1.54) is 24.3 Å². The Labute approximate surface area is 263 Å². The number of nitrogen functional groups attached to an aromatic ring is 2. The summed E-state index contributed by atoms with van der Waals surface area (Å²) < 4.78 is 34.8. The van der Waals surface area contributed by atoms with Crippen molar-refractivity contribution in [1.29, 1.82) is 0 Å². The molecule has 14 heteroatoms. The summed E-state index contributed by atoms with van der Waals surface area (Å²) in [5.74, 6) is -1.42. The van der Waals surface area contributed by atoms with Gasteiger partial charge in [-0.1, -0.05) is 56.1 Å². The standard InChI is InChI=1S/C16H17BrFN3O2.C13H11BrFN3O2/c1-2-23-16(22)21-13-8-7-12(14(18)15(13)19)20-9-10-3-5-11(17)6-4-10;14-9-3-1-8(2-4-9)7-17-10-5-6-11(18(19)20)13(16)12(10)15/h3-8,20H,2,9,19H2,1H3,(H,21,22);1-6,17H,7,16H2. The molecule has 0 aliphatic heterocycles. The number of anilines is 5. The summed E-state index contributed by atoms with van der Waals surface area (Å²) in [5.41, 5.74) is 12.6. The third kappa shape index (κ3) is 9.54. The van der Waals surface area contributed by atoms with E-state index < -0.39 is 34.0 Å². The molecule has 0 aliphatic rings. The third-order valence-electron chi connectivity index (χ3n) is 5.84. The molecule has 4 aromatic rings. The van der Waals surface area contributed by atoms with Gasteiger partial charge in [-0.25, -0.2) is 13.6 Å². The van der Waals surface area contributed by atoms with Crippen LogP contribution in [0.2, 0.25) is 0 Å². The van der Waals surface area contributed by atoms with Crippen molar-refractivity contribution in [2.24, 2.45) is 0 Å². The zero-order chi connectivity index (χ0) is 31.5. The molecule has 0 fully saturated rings. The van der Waals surface area contributed by atoms with Gasteiger partial charge in [0.2, 0.25) is 0 Å². The molecule has 1 amide bonds. The number of hydrogen-bond donors (Lipinski definition) is 5. The molecule has 7 N–H and O–H groups in total. The largest absolute Gasteiger partial charge is 0.450 e. The molecule has 43 heavy (non-hydrogen) atoms. The Morgan fingerprint density at radius 2 is 1.23 bits per heavy atom. The molecule has 226 valence electrons. The van der Waals surface area contributed by atoms with Gasteiger partial charge in [-0.2, -0.15) is 0 Å². The summed E-state index contributed by atoms with van der Waals surface area (Å²) in [7, 11) is 0. The molecule has 0 aromatic heterocycles. The van der Waals surface area contributed by atoms with Crippen LogP contribution in [0.4, 0.5) is 47.7 Å². The lowest BCUT2D eigenvalue weighted by atomic mass is 10.2. The highest BCUT2D eigenvalue weighted by molar-refractivity contribution is 9.10. The Morgan fingerprint density at radius 1 is 0.791 bits per heavy atom. The fourth-order valence-electron chi connectivity index (χ4n) is 3.59. The number of nitrogens with zero attached hydrogens (tertiary/aromatic N) is 1. The van der Waals surface area contributed by atoms with Crippen molar-refractivity contribution >= 4 is 72.1 Å². The summed E-state index contributed by atoms with van der Waals surface area (Å²) >= 11 is 6.68. The van der Waals surface area contributed by atoms with Crippen molar-refractivity contribution in [2.45, 2.75) is 20.0 Å². The van der Waals surface area contributed by atoms with E-state index in [2.05, 4.69) is 47.8 Å². The van der Waals surface area contributed by atoms with E-state index in [-0.39, 0.29) is 29.4 Å². The minimum atomic E-state index is -0.809. The Kier molecular flexibility index (Phi) is 12.1. The number of amides is 1. The Balaban J connectivity index is 0.000000238. The monoisotopic (exact) mass is 720 g/mol. The van der Waals surface area contributed by atoms with Crippen LogP contribution in [0.5, 0.6) is 0 Å². The molecule has 0 bridgehead atoms. The number of nitro benzene ring substituents is 1. The van der Waals surface area contributed by atoms with Crippen molar-refractivity contribution in [3.05, 3.63) is 115 Å². The predicted octanol–water partition coefficient (Wildman–Crippen LogP) is 8.04. The smallest absolute Gasteiger partial charge is 0.411 e. The molecule has 0 heterocycles. The topological polar surface area (TPSA) is 158 Å². The zero-order valence-corrected chi connectivity index (χ0v) is 26.0. The number of nitrogens with one attached hydrogen (secondary N) is 3. The average molecular weight is 722 g/mol. The lowest BCUT2D eigenvalue weighted by Gasteiger charge is -2.13. The van der Waals surface area contributed by atoms with Crippen molar-refractivity contribution in [3.63, 3.8) is 0 Å². The van der Waals surface area contributed by atoms with Crippen LogP contribution < -0.4 is 27.4 Å². The second-order valence-corrected chi connectivity index (χ2v) is 10.6. The van der Waals surface area contributed by atoms with Crippen LogP contribution in [0, 0.1) is 21.7 Å². The zero-order valence-electron chi connectivity index (χ0n) is 22.8. The minimum absolute atomic E-state index is 0.135. The minimum Gasteiger partial charge on any atom is -0.450 e. The van der Waals surface area contributed by atoms with E-state index in [1.54, 1.807) is 6.92 Å². The first-order chi connectivity index (χ1) is 20.5. The molecule has 0 saturated heterocycles. The van der Waals surface area contributed by atoms with Gasteiger partial charge in [0, 0.05) is 28.1 Å². The highest BCUT2D eigenvalue weighted by Crippen LogP contribution is 2.30. The maximum atomic E-state index is 14.3. The van der Waals surface area contributed by atoms with Crippen molar-refractivity contribution in [3.8, 4) is 0 Å². The SMILES string of the molecule is CCOC(=O)Nc1ccc(NCc2ccc(Br)cc2)c(F)c1N.Nc1c([N+](=O)[O-])ccc(NCc2ccc(Br)cc2)c1F. The maximum Gasteiger partial charge on any atom is 0.411 e. The molecule has 0 unspecified atom stereocenters. The molecule has 0 aliphatic carbocycles. The van der Waals surface area contributed by atoms with E-state index in [0.29, 0.717) is 13.1 Å². The lowest BCUT2D eigenvalue weighted by molar-refractivity contribution is -0.384. The second-order valence-electron chi connectivity index (χ2n) is 8.81. The number of hydrogen-bond acceptors (Lipinski definition) is 8. The van der Waals surface area contributed by atoms with Crippen LogP contribution in [-0.4, -0.2) is 17.6 Å². The van der Waals surface area contributed by atoms with E-state index in [1.807, 2.05) is 48.5 Å². The third-order valence-corrected chi connectivity index (χ3v) is 6.90. The molecular weight excluding hydrogens is 694 g/mol. The van der Waals surface area contributed by atoms with Gasteiger partial charge < -0.3 is 26.8 Å². The van der Waals surface area contributed by atoms with Crippen LogP contribution in [0.3, 0.4) is 0 Å². The number of ether oxygens (including phenoxy) is 1. The number of benzene rings is 4. The van der Waals surface area contributed by atoms with Gasteiger partial charge in [0.1, 0.15) is 5.69 Å². The Hall–Kier alpha value is -4.43. The Morgan fingerprint density at radius 3 is 1.70 bits per heavy atom. The molecular formula is C29H28Br2F2N6O4. The molecule has 0 radical (unpaired) electrons. The van der Waals surface area contributed by atoms with Crippen molar-refractivity contribution < 1.29 is 23.2 Å². The van der Waals surface area contributed by atoms with Gasteiger partial charge in [-0.3, -0.25) is 15.4 Å². The summed E-state index contributed by atoms with van der Waals surface area (Å²) in [6.45, 7) is 2.75. The molecule has 0 saturated carbocycles. The van der Waals surface area contributed by atoms with E-state index in [0.717, 1.165) is 20.1 Å². The molecule has 0 atom stereocenters. The number of nitro groups is 1. The first-order valence-corrected chi connectivity index (χ1v) is 14.3. The van der Waals surface area contributed by atoms with Gasteiger partial charge in [-0.15, -0.1) is 0 Å². The van der Waals surface area contributed by atoms with Crippen LogP contribution >= 0.6 is 31.9 Å². The highest BCUT2D eigenvalue weighted by atomic mass is 79.9. The Bertz CT molecular complexity index is 1580. The lowest BCUT2D eigenvalue weighted by Crippen LogP contribution is -2.15. The molecule has 4 aromatic carbocycles. The summed E-state index contributed by atoms with van der Waals surface area (Å²) in [6.07, 6.45) is -0.672. The van der Waals surface area contributed by atoms with Gasteiger partial charge in [0.25, 0.3) is 5.69 Å². The van der Waals surface area contributed by atoms with Gasteiger partial charge in [-0.05, 0) is 60.5 Å². The summed E-state index contributed by atoms with van der Waals surface area (Å²) in [6, 6.07) is 20.7. The van der Waals surface area contributed by atoms with Crippen LogP contribution in [0.15, 0.2) is 81.7 Å². The fraction of sp³-hybridized carbons (Fsp3) is 0.138. The first-order valence-electron chi connectivity index (χ1n) is 12.7. The summed E-state index contributed by atoms with van der Waals surface area (Å²) in [4.78, 5) is 21.3. The first kappa shape index (κ1) is 33.1. The number of rotatable bonds is 9. The number of halogens is 4. The second kappa shape index (κ2) is 15.7. The number of nitrogens with two attached hydrogens (primary N) is 2. The fourth-order valence-corrected chi connectivity index (χ4v) is 4.12. The van der Waals surface area contributed by atoms with Crippen LogP contribution in [-0.2, 0) is 17.8 Å². The van der Waals surface area contributed by atoms with Gasteiger partial charge >= 0.3 is 6.09 Å². The van der Waals surface area contributed by atoms with E-state index >= 15 is 0 Å². The van der Waals surface area contributed by atoms with Crippen LogP contribution in [0.1, 0.15) is 18.1 Å². The average Bonchev–Trinajstić information content (AvgIpc) is 2.98. The van der Waals surface area contributed by atoms with E-state index in [4.69, 9.17) is 16.2 Å². The molecule has 0 spiro atoms. The molecule has 10 nitrogen and oxygen atoms in total. The van der Waals surface area contributed by atoms with Gasteiger partial charge in [0.05, 0.1) is 34.3 Å². The van der Waals surface area contributed by atoms with Crippen molar-refractivity contribution in [1.82, 2.24) is 0 Å². The normalized spacial score (nSPS) is 10.3. The van der Waals surface area contributed by atoms with Gasteiger partial charge in [0.15, 0.2) is 11.6 Å². The maximum absolute atomic E-state index is 14.3. The number of carbonyl (C=O) groups excluding carboxylic acids is 1.